The first-order valence-corrected chi connectivity index (χ1v) is 11.1. The lowest BCUT2D eigenvalue weighted by Crippen LogP contribution is -2.38. The highest BCUT2D eigenvalue weighted by molar-refractivity contribution is 9.10. The highest BCUT2D eigenvalue weighted by atomic mass is 79.9. The number of halogens is 1. The second-order valence-electron chi connectivity index (χ2n) is 8.72. The zero-order valence-corrected chi connectivity index (χ0v) is 19.6. The molecular formula is C22H27BrN4O3. The van der Waals surface area contributed by atoms with E-state index in [9.17, 15) is 4.79 Å². The zero-order valence-electron chi connectivity index (χ0n) is 18.0. The smallest absolute Gasteiger partial charge is 0.410 e. The van der Waals surface area contributed by atoms with Crippen LogP contribution in [0, 0.1) is 0 Å². The van der Waals surface area contributed by atoms with Crippen molar-refractivity contribution < 1.29 is 14.3 Å². The molecule has 0 unspecified atom stereocenters. The number of ether oxygens (including phenoxy) is 2. The molecule has 0 radical (unpaired) electrons. The summed E-state index contributed by atoms with van der Waals surface area (Å²) in [7, 11) is 0. The molecule has 30 heavy (non-hydrogen) atoms. The van der Waals surface area contributed by atoms with Crippen LogP contribution in [0.1, 0.15) is 47.1 Å². The van der Waals surface area contributed by atoms with Crippen molar-refractivity contribution in [3.8, 4) is 6.01 Å². The average Bonchev–Trinajstić information content (AvgIpc) is 3.20. The Labute approximate surface area is 184 Å². The number of nitrogens with zero attached hydrogens (tertiary/aromatic N) is 4. The molecule has 0 spiro atoms. The summed E-state index contributed by atoms with van der Waals surface area (Å²) < 4.78 is 14.6. The van der Waals surface area contributed by atoms with E-state index in [1.807, 2.05) is 39.8 Å². The highest BCUT2D eigenvalue weighted by Gasteiger charge is 2.38. The first-order valence-electron chi connectivity index (χ1n) is 10.3. The van der Waals surface area contributed by atoms with Crippen LogP contribution in [0.2, 0.25) is 0 Å². The Morgan fingerprint density at radius 2 is 2.07 bits per heavy atom. The summed E-state index contributed by atoms with van der Waals surface area (Å²) >= 11 is 3.57. The molecular weight excluding hydrogens is 448 g/mol. The summed E-state index contributed by atoms with van der Waals surface area (Å²) in [6, 6.07) is 6.67. The lowest BCUT2D eigenvalue weighted by Gasteiger charge is -2.27. The van der Waals surface area contributed by atoms with Gasteiger partial charge in [-0.2, -0.15) is 4.98 Å². The minimum atomic E-state index is -0.527. The Balaban J connectivity index is 1.80. The Kier molecular flexibility index (Phi) is 5.38. The van der Waals surface area contributed by atoms with Crippen LogP contribution in [-0.4, -0.2) is 50.3 Å². The molecule has 1 aromatic carbocycles. The number of likely N-dealkylation sites (tertiary alicyclic amines) is 1. The molecule has 0 N–H and O–H groups in total. The standard InChI is InChI=1S/C22H27BrN4O3/c1-6-29-20-25-18-11-24-17-8-7-14(23)10-16(17)19(18)27(20)15-9-13(2)26(12-15)21(28)30-22(3,4)5/h7-8,10-11,13,15H,6,9,12H2,1-5H3/t13-,15-/m1/s1. The number of carbonyl (C=O) groups is 1. The van der Waals surface area contributed by atoms with Crippen molar-refractivity contribution in [3.63, 3.8) is 0 Å². The lowest BCUT2D eigenvalue weighted by molar-refractivity contribution is 0.0234. The number of aromatic nitrogens is 3. The molecule has 3 aromatic rings. The molecule has 3 heterocycles. The third kappa shape index (κ3) is 3.85. The molecule has 4 rings (SSSR count). The Morgan fingerprint density at radius 3 is 2.77 bits per heavy atom. The fourth-order valence-corrected chi connectivity index (χ4v) is 4.42. The fraction of sp³-hybridized carbons (Fsp3) is 0.500. The van der Waals surface area contributed by atoms with Crippen molar-refractivity contribution in [3.05, 3.63) is 28.9 Å². The van der Waals surface area contributed by atoms with E-state index in [0.29, 0.717) is 19.2 Å². The molecule has 1 saturated heterocycles. The van der Waals surface area contributed by atoms with Gasteiger partial charge in [0.05, 0.1) is 29.9 Å². The maximum Gasteiger partial charge on any atom is 0.410 e. The third-order valence-electron chi connectivity index (χ3n) is 5.26. The van der Waals surface area contributed by atoms with E-state index in [0.717, 1.165) is 32.8 Å². The van der Waals surface area contributed by atoms with Gasteiger partial charge in [0.1, 0.15) is 11.1 Å². The first kappa shape index (κ1) is 20.9. The van der Waals surface area contributed by atoms with Crippen LogP contribution in [0.5, 0.6) is 6.01 Å². The number of carbonyl (C=O) groups excluding carboxylic acids is 1. The molecule has 1 aliphatic rings. The largest absolute Gasteiger partial charge is 0.465 e. The average molecular weight is 475 g/mol. The Bertz CT molecular complexity index is 1110. The maximum absolute atomic E-state index is 12.7. The summed E-state index contributed by atoms with van der Waals surface area (Å²) in [5, 5.41) is 1.00. The van der Waals surface area contributed by atoms with Gasteiger partial charge < -0.3 is 14.4 Å². The van der Waals surface area contributed by atoms with Gasteiger partial charge in [0, 0.05) is 22.4 Å². The van der Waals surface area contributed by atoms with Crippen molar-refractivity contribution in [2.75, 3.05) is 13.2 Å². The second kappa shape index (κ2) is 7.72. The van der Waals surface area contributed by atoms with Gasteiger partial charge in [-0.25, -0.2) is 4.79 Å². The molecule has 0 bridgehead atoms. The van der Waals surface area contributed by atoms with Crippen LogP contribution in [0.15, 0.2) is 28.9 Å². The second-order valence-corrected chi connectivity index (χ2v) is 9.64. The molecule has 2 atom stereocenters. The Hall–Kier alpha value is -2.35. The topological polar surface area (TPSA) is 69.5 Å². The van der Waals surface area contributed by atoms with Crippen molar-refractivity contribution in [2.24, 2.45) is 0 Å². The van der Waals surface area contributed by atoms with Crippen LogP contribution in [-0.2, 0) is 4.74 Å². The molecule has 160 valence electrons. The predicted octanol–water partition coefficient (Wildman–Crippen LogP) is 5.32. The Morgan fingerprint density at radius 1 is 1.30 bits per heavy atom. The van der Waals surface area contributed by atoms with Gasteiger partial charge >= 0.3 is 6.09 Å². The summed E-state index contributed by atoms with van der Waals surface area (Å²) in [5.41, 5.74) is 2.13. The lowest BCUT2D eigenvalue weighted by atomic mass is 10.1. The van der Waals surface area contributed by atoms with E-state index in [2.05, 4.69) is 38.5 Å². The summed E-state index contributed by atoms with van der Waals surface area (Å²) in [5.74, 6) is 0. The monoisotopic (exact) mass is 474 g/mol. The van der Waals surface area contributed by atoms with Crippen LogP contribution >= 0.6 is 15.9 Å². The SMILES string of the molecule is CCOc1nc2cnc3ccc(Br)cc3c2n1[C@@H]1C[C@@H](C)N(C(=O)OC(C)(C)C)C1. The van der Waals surface area contributed by atoms with E-state index >= 15 is 0 Å². The normalized spacial score (nSPS) is 19.6. The van der Waals surface area contributed by atoms with Gasteiger partial charge in [-0.3, -0.25) is 9.55 Å². The molecule has 1 fully saturated rings. The summed E-state index contributed by atoms with van der Waals surface area (Å²) in [6.45, 7) is 10.7. The number of hydrogen-bond donors (Lipinski definition) is 0. The number of benzene rings is 1. The van der Waals surface area contributed by atoms with Gasteiger partial charge in [-0.15, -0.1) is 0 Å². The molecule has 8 heteroatoms. The van der Waals surface area contributed by atoms with Crippen LogP contribution in [0.25, 0.3) is 21.9 Å². The number of rotatable bonds is 3. The molecule has 1 amide bonds. The van der Waals surface area contributed by atoms with Crippen molar-refractivity contribution in [2.45, 2.75) is 58.7 Å². The predicted molar refractivity (Wildman–Crippen MR) is 120 cm³/mol. The van der Waals surface area contributed by atoms with Gasteiger partial charge in [-0.1, -0.05) is 15.9 Å². The van der Waals surface area contributed by atoms with E-state index < -0.39 is 5.60 Å². The minimum Gasteiger partial charge on any atom is -0.465 e. The fourth-order valence-electron chi connectivity index (χ4n) is 4.06. The number of fused-ring (bicyclic) bond motifs is 3. The van der Waals surface area contributed by atoms with Gasteiger partial charge in [-0.05, 0) is 59.2 Å². The highest BCUT2D eigenvalue weighted by Crippen LogP contribution is 2.37. The minimum absolute atomic E-state index is 0.0312. The number of amides is 1. The molecule has 1 aliphatic heterocycles. The molecule has 2 aromatic heterocycles. The quantitative estimate of drug-likeness (QED) is 0.513. The van der Waals surface area contributed by atoms with Crippen molar-refractivity contribution >= 4 is 44.0 Å². The van der Waals surface area contributed by atoms with Crippen molar-refractivity contribution in [1.82, 2.24) is 19.4 Å². The van der Waals surface area contributed by atoms with Crippen molar-refractivity contribution in [1.29, 1.82) is 0 Å². The van der Waals surface area contributed by atoms with E-state index in [1.54, 1.807) is 11.1 Å². The summed E-state index contributed by atoms with van der Waals surface area (Å²) in [6.07, 6.45) is 2.30. The van der Waals surface area contributed by atoms with Crippen LogP contribution in [0.3, 0.4) is 0 Å². The molecule has 0 aliphatic carbocycles. The van der Waals surface area contributed by atoms with Crippen LogP contribution in [0.4, 0.5) is 4.79 Å². The van der Waals surface area contributed by atoms with Gasteiger partial charge in [0.2, 0.25) is 0 Å². The van der Waals surface area contributed by atoms with E-state index in [-0.39, 0.29) is 18.2 Å². The number of imidazole rings is 1. The first-order chi connectivity index (χ1) is 14.2. The zero-order chi connectivity index (χ0) is 21.6. The molecule has 7 nitrogen and oxygen atoms in total. The maximum atomic E-state index is 12.7. The number of pyridine rings is 1. The van der Waals surface area contributed by atoms with Gasteiger partial charge in [0.15, 0.2) is 0 Å². The number of hydrogen-bond acceptors (Lipinski definition) is 5. The van der Waals surface area contributed by atoms with E-state index in [1.165, 1.54) is 0 Å². The van der Waals surface area contributed by atoms with E-state index in [4.69, 9.17) is 14.5 Å². The summed E-state index contributed by atoms with van der Waals surface area (Å²) in [4.78, 5) is 23.8. The molecule has 0 saturated carbocycles. The van der Waals surface area contributed by atoms with Gasteiger partial charge in [0.25, 0.3) is 6.01 Å². The third-order valence-corrected chi connectivity index (χ3v) is 5.76. The van der Waals surface area contributed by atoms with Crippen LogP contribution < -0.4 is 4.74 Å².